The van der Waals surface area contributed by atoms with E-state index in [0.717, 1.165) is 0 Å². The molecule has 8 nitrogen and oxygen atoms in total. The minimum atomic E-state index is -0.998. The number of nitro groups is 1. The van der Waals surface area contributed by atoms with Crippen LogP contribution in [0.4, 0.5) is 11.4 Å². The SMILES string of the molecule is CCN(CC(C)C(=O)O)c1cc(C(N)=O)ccc1[N+](=O)[O-]. The third kappa shape index (κ3) is 3.91. The van der Waals surface area contributed by atoms with Crippen molar-refractivity contribution >= 4 is 23.3 Å². The summed E-state index contributed by atoms with van der Waals surface area (Å²) in [5, 5.41) is 20.0. The number of hydrogen-bond donors (Lipinski definition) is 2. The Bertz CT molecular complexity index is 573. The number of carboxylic acid groups (broad SMARTS) is 1. The van der Waals surface area contributed by atoms with Crippen LogP contribution in [0.2, 0.25) is 0 Å². The smallest absolute Gasteiger partial charge is 0.308 e. The van der Waals surface area contributed by atoms with Crippen molar-refractivity contribution in [3.05, 3.63) is 33.9 Å². The quantitative estimate of drug-likeness (QED) is 0.575. The van der Waals surface area contributed by atoms with E-state index in [1.165, 1.54) is 25.1 Å². The van der Waals surface area contributed by atoms with Gasteiger partial charge in [-0.05, 0) is 19.1 Å². The van der Waals surface area contributed by atoms with Gasteiger partial charge in [0.15, 0.2) is 0 Å². The molecule has 8 heteroatoms. The molecule has 1 rings (SSSR count). The summed E-state index contributed by atoms with van der Waals surface area (Å²) in [6.07, 6.45) is 0. The van der Waals surface area contributed by atoms with Crippen LogP contribution in [0.5, 0.6) is 0 Å². The van der Waals surface area contributed by atoms with E-state index in [4.69, 9.17) is 10.8 Å². The van der Waals surface area contributed by atoms with Crippen molar-refractivity contribution in [2.75, 3.05) is 18.0 Å². The Morgan fingerprint density at radius 3 is 2.52 bits per heavy atom. The Morgan fingerprint density at radius 1 is 1.48 bits per heavy atom. The predicted molar refractivity (Wildman–Crippen MR) is 76.3 cm³/mol. The highest BCUT2D eigenvalue weighted by molar-refractivity contribution is 5.94. The van der Waals surface area contributed by atoms with Crippen LogP contribution in [0.15, 0.2) is 18.2 Å². The van der Waals surface area contributed by atoms with Crippen LogP contribution in [0, 0.1) is 16.0 Å². The van der Waals surface area contributed by atoms with E-state index in [0.29, 0.717) is 6.54 Å². The second-order valence-electron chi connectivity index (χ2n) is 4.60. The van der Waals surface area contributed by atoms with Crippen LogP contribution in [-0.2, 0) is 4.79 Å². The van der Waals surface area contributed by atoms with Crippen molar-refractivity contribution in [1.29, 1.82) is 0 Å². The molecule has 1 unspecified atom stereocenters. The molecule has 21 heavy (non-hydrogen) atoms. The standard InChI is InChI=1S/C13H17N3O5/c1-3-15(7-8(2)13(18)19)11-6-9(12(14)17)4-5-10(11)16(20)21/h4-6,8H,3,7H2,1-2H3,(H2,14,17)(H,18,19). The molecule has 0 saturated carbocycles. The van der Waals surface area contributed by atoms with Crippen molar-refractivity contribution in [2.45, 2.75) is 13.8 Å². The molecule has 114 valence electrons. The molecule has 0 fully saturated rings. The predicted octanol–water partition coefficient (Wildman–Crippen LogP) is 1.24. The van der Waals surface area contributed by atoms with Crippen molar-refractivity contribution in [2.24, 2.45) is 11.7 Å². The van der Waals surface area contributed by atoms with Crippen LogP contribution in [0.25, 0.3) is 0 Å². The van der Waals surface area contributed by atoms with Crippen molar-refractivity contribution in [3.63, 3.8) is 0 Å². The van der Waals surface area contributed by atoms with Crippen molar-refractivity contribution in [3.8, 4) is 0 Å². The summed E-state index contributed by atoms with van der Waals surface area (Å²) in [6, 6.07) is 3.79. The molecule has 3 N–H and O–H groups in total. The average molecular weight is 295 g/mol. The fourth-order valence-electron chi connectivity index (χ4n) is 1.89. The summed E-state index contributed by atoms with van der Waals surface area (Å²) in [4.78, 5) is 34.2. The molecule has 0 aliphatic heterocycles. The fourth-order valence-corrected chi connectivity index (χ4v) is 1.89. The van der Waals surface area contributed by atoms with E-state index in [1.807, 2.05) is 0 Å². The van der Waals surface area contributed by atoms with Gasteiger partial charge in [0.1, 0.15) is 5.69 Å². The number of carbonyl (C=O) groups is 2. The number of aliphatic carboxylic acids is 1. The molecule has 0 spiro atoms. The lowest BCUT2D eigenvalue weighted by molar-refractivity contribution is -0.384. The Morgan fingerprint density at radius 2 is 2.10 bits per heavy atom. The number of benzene rings is 1. The number of anilines is 1. The number of primary amides is 1. The molecule has 0 bridgehead atoms. The molecule has 0 radical (unpaired) electrons. The van der Waals surface area contributed by atoms with Crippen LogP contribution < -0.4 is 10.6 Å². The second kappa shape index (κ2) is 6.69. The van der Waals surface area contributed by atoms with Crippen LogP contribution >= 0.6 is 0 Å². The third-order valence-electron chi connectivity index (χ3n) is 3.09. The molecule has 1 amide bonds. The van der Waals surface area contributed by atoms with E-state index < -0.39 is 22.7 Å². The van der Waals surface area contributed by atoms with Gasteiger partial charge in [0, 0.05) is 24.7 Å². The molecular weight excluding hydrogens is 278 g/mol. The van der Waals surface area contributed by atoms with Crippen molar-refractivity contribution in [1.82, 2.24) is 0 Å². The van der Waals surface area contributed by atoms with Gasteiger partial charge in [0.25, 0.3) is 5.69 Å². The molecule has 1 aromatic carbocycles. The van der Waals surface area contributed by atoms with E-state index in [-0.39, 0.29) is 23.5 Å². The number of rotatable bonds is 7. The molecule has 0 heterocycles. The minimum absolute atomic E-state index is 0.0922. The summed E-state index contributed by atoms with van der Waals surface area (Å²) in [5.74, 6) is -2.41. The minimum Gasteiger partial charge on any atom is -0.481 e. The van der Waals surface area contributed by atoms with Gasteiger partial charge in [-0.15, -0.1) is 0 Å². The summed E-state index contributed by atoms with van der Waals surface area (Å²) in [7, 11) is 0. The molecule has 0 aromatic heterocycles. The number of nitrogens with two attached hydrogens (primary N) is 1. The number of nitrogens with zero attached hydrogens (tertiary/aromatic N) is 2. The van der Waals surface area contributed by atoms with Gasteiger partial charge in [0.2, 0.25) is 5.91 Å². The first kappa shape index (κ1) is 16.4. The molecular formula is C13H17N3O5. The van der Waals surface area contributed by atoms with E-state index in [2.05, 4.69) is 0 Å². The summed E-state index contributed by atoms with van der Waals surface area (Å²) >= 11 is 0. The molecule has 1 atom stereocenters. The van der Waals surface area contributed by atoms with Crippen LogP contribution in [0.3, 0.4) is 0 Å². The lowest BCUT2D eigenvalue weighted by Gasteiger charge is -2.25. The normalized spacial score (nSPS) is 11.7. The average Bonchev–Trinajstić information content (AvgIpc) is 2.43. The van der Waals surface area contributed by atoms with Gasteiger partial charge >= 0.3 is 5.97 Å². The maximum Gasteiger partial charge on any atom is 0.308 e. The van der Waals surface area contributed by atoms with E-state index in [9.17, 15) is 19.7 Å². The fraction of sp³-hybridized carbons (Fsp3) is 0.385. The number of carboxylic acids is 1. The Hall–Kier alpha value is -2.64. The highest BCUT2D eigenvalue weighted by Gasteiger charge is 2.23. The maximum absolute atomic E-state index is 11.2. The number of nitro benzene ring substituents is 1. The monoisotopic (exact) mass is 295 g/mol. The lowest BCUT2D eigenvalue weighted by atomic mass is 10.1. The van der Waals surface area contributed by atoms with Crippen molar-refractivity contribution < 1.29 is 19.6 Å². The third-order valence-corrected chi connectivity index (χ3v) is 3.09. The number of amides is 1. The zero-order valence-electron chi connectivity index (χ0n) is 11.8. The zero-order valence-corrected chi connectivity index (χ0v) is 11.8. The number of hydrogen-bond acceptors (Lipinski definition) is 5. The van der Waals surface area contributed by atoms with Gasteiger partial charge in [-0.1, -0.05) is 6.92 Å². The summed E-state index contributed by atoms with van der Waals surface area (Å²) in [5.41, 5.74) is 5.31. The molecule has 0 saturated heterocycles. The Balaban J connectivity index is 3.27. The first-order chi connectivity index (χ1) is 9.77. The number of carbonyl (C=O) groups excluding carboxylic acids is 1. The van der Waals surface area contributed by atoms with Gasteiger partial charge in [-0.3, -0.25) is 19.7 Å². The largest absolute Gasteiger partial charge is 0.481 e. The molecule has 0 aliphatic rings. The second-order valence-corrected chi connectivity index (χ2v) is 4.60. The summed E-state index contributed by atoms with van der Waals surface area (Å²) < 4.78 is 0. The molecule has 0 aliphatic carbocycles. The lowest BCUT2D eigenvalue weighted by Crippen LogP contribution is -2.32. The first-order valence-electron chi connectivity index (χ1n) is 6.33. The van der Waals surface area contributed by atoms with Gasteiger partial charge < -0.3 is 15.7 Å². The summed E-state index contributed by atoms with van der Waals surface area (Å²) in [6.45, 7) is 3.71. The zero-order chi connectivity index (χ0) is 16.2. The van der Waals surface area contributed by atoms with Gasteiger partial charge in [0.05, 0.1) is 10.8 Å². The maximum atomic E-state index is 11.2. The Kier molecular flexibility index (Phi) is 5.23. The molecule has 1 aromatic rings. The highest BCUT2D eigenvalue weighted by atomic mass is 16.6. The van der Waals surface area contributed by atoms with E-state index in [1.54, 1.807) is 11.8 Å². The van der Waals surface area contributed by atoms with Crippen LogP contribution in [-0.4, -0.2) is 35.0 Å². The highest BCUT2D eigenvalue weighted by Crippen LogP contribution is 2.29. The van der Waals surface area contributed by atoms with Gasteiger partial charge in [-0.25, -0.2) is 0 Å². The first-order valence-corrected chi connectivity index (χ1v) is 6.33. The van der Waals surface area contributed by atoms with Crippen LogP contribution in [0.1, 0.15) is 24.2 Å². The van der Waals surface area contributed by atoms with Gasteiger partial charge in [-0.2, -0.15) is 0 Å². The van der Waals surface area contributed by atoms with E-state index >= 15 is 0 Å². The Labute approximate surface area is 121 Å². The topological polar surface area (TPSA) is 127 Å².